The van der Waals surface area contributed by atoms with Crippen LogP contribution in [0.2, 0.25) is 0 Å². The molecule has 2 atom stereocenters. The van der Waals surface area contributed by atoms with E-state index < -0.39 is 0 Å². The summed E-state index contributed by atoms with van der Waals surface area (Å²) in [4.78, 5) is 7.35. The smallest absolute Gasteiger partial charge is 0.243 e. The van der Waals surface area contributed by atoms with E-state index in [-0.39, 0.29) is 12.1 Å². The number of nitrogens with zero attached hydrogens (tertiary/aromatic N) is 6. The number of hydrogen-bond acceptors (Lipinski definition) is 7. The van der Waals surface area contributed by atoms with Gasteiger partial charge in [-0.25, -0.2) is 0 Å². The first-order valence-corrected chi connectivity index (χ1v) is 14.0. The van der Waals surface area contributed by atoms with Crippen LogP contribution in [0.25, 0.3) is 16.8 Å². The van der Waals surface area contributed by atoms with Crippen molar-refractivity contribution in [1.29, 1.82) is 0 Å². The van der Waals surface area contributed by atoms with Gasteiger partial charge in [-0.05, 0) is 88.8 Å². The number of hydrogen-bond donors (Lipinski definition) is 2. The van der Waals surface area contributed by atoms with Crippen molar-refractivity contribution in [3.8, 4) is 16.9 Å². The van der Waals surface area contributed by atoms with E-state index in [1.807, 2.05) is 39.7 Å². The zero-order valence-electron chi connectivity index (χ0n) is 22.4. The first kappa shape index (κ1) is 24.6. The van der Waals surface area contributed by atoms with Crippen LogP contribution < -0.4 is 20.7 Å². The average Bonchev–Trinajstić information content (AvgIpc) is 3.58. The van der Waals surface area contributed by atoms with Gasteiger partial charge in [0, 0.05) is 54.6 Å². The lowest BCUT2D eigenvalue weighted by Crippen LogP contribution is -2.33. The van der Waals surface area contributed by atoms with Gasteiger partial charge in [-0.15, -0.1) is 5.10 Å². The number of benzene rings is 1. The maximum absolute atomic E-state index is 6.26. The quantitative estimate of drug-likeness (QED) is 0.312. The Morgan fingerprint density at radius 3 is 2.58 bits per heavy atom. The van der Waals surface area contributed by atoms with Gasteiger partial charge in [0.05, 0.1) is 6.20 Å². The number of fused-ring (bicyclic) bond motifs is 1. The Bertz CT molecular complexity index is 1370. The maximum Gasteiger partial charge on any atom is 0.243 e. The molecule has 9 heteroatoms. The Hall–Kier alpha value is -3.75. The summed E-state index contributed by atoms with van der Waals surface area (Å²) in [5.74, 6) is 2.66. The van der Waals surface area contributed by atoms with Crippen LogP contribution in [-0.2, 0) is 0 Å². The third-order valence-electron chi connectivity index (χ3n) is 7.71. The highest BCUT2D eigenvalue weighted by atomic mass is 16.5. The molecule has 0 amide bonds. The lowest BCUT2D eigenvalue weighted by atomic mass is 9.93. The third-order valence-corrected chi connectivity index (χ3v) is 7.71. The zero-order valence-corrected chi connectivity index (χ0v) is 22.4. The van der Waals surface area contributed by atoms with Gasteiger partial charge in [-0.1, -0.05) is 0 Å². The average molecular weight is 515 g/mol. The molecule has 4 aromatic rings. The summed E-state index contributed by atoms with van der Waals surface area (Å²) in [6.07, 6.45) is 12.1. The SMILES string of the molecule is CC(C)n1cc(-c2ccc3nc(N[C@@H]4CCC[C@H](Oc5ccc(N)cc5)C4)nn3c2N2CCCCC2)cn1. The molecule has 9 nitrogen and oxygen atoms in total. The number of pyridine rings is 1. The highest BCUT2D eigenvalue weighted by Crippen LogP contribution is 2.34. The largest absolute Gasteiger partial charge is 0.490 e. The van der Waals surface area contributed by atoms with E-state index in [2.05, 4.69) is 47.5 Å². The van der Waals surface area contributed by atoms with Gasteiger partial charge in [0.25, 0.3) is 0 Å². The van der Waals surface area contributed by atoms with E-state index in [9.17, 15) is 0 Å². The number of nitrogens with one attached hydrogen (secondary N) is 1. The lowest BCUT2D eigenvalue weighted by molar-refractivity contribution is 0.148. The van der Waals surface area contributed by atoms with Gasteiger partial charge in [-0.2, -0.15) is 14.6 Å². The molecule has 1 saturated carbocycles. The molecule has 1 aliphatic carbocycles. The van der Waals surface area contributed by atoms with Crippen molar-refractivity contribution < 1.29 is 4.74 Å². The Labute approximate surface area is 224 Å². The third kappa shape index (κ3) is 5.14. The molecule has 0 spiro atoms. The van der Waals surface area contributed by atoms with Gasteiger partial charge in [-0.3, -0.25) is 4.68 Å². The summed E-state index contributed by atoms with van der Waals surface area (Å²) in [6, 6.07) is 12.5. The van der Waals surface area contributed by atoms with Crippen molar-refractivity contribution >= 4 is 23.1 Å². The van der Waals surface area contributed by atoms with Gasteiger partial charge in [0.15, 0.2) is 5.65 Å². The van der Waals surface area contributed by atoms with Crippen molar-refractivity contribution in [3.63, 3.8) is 0 Å². The molecule has 200 valence electrons. The molecule has 4 heterocycles. The van der Waals surface area contributed by atoms with Crippen LogP contribution in [-0.4, -0.2) is 49.6 Å². The Morgan fingerprint density at radius 1 is 1.00 bits per heavy atom. The number of rotatable bonds is 7. The molecule has 1 aliphatic heterocycles. The number of nitrogens with two attached hydrogens (primary N) is 1. The van der Waals surface area contributed by atoms with Crippen LogP contribution in [0.4, 0.5) is 17.5 Å². The highest BCUT2D eigenvalue weighted by molar-refractivity contribution is 5.78. The summed E-state index contributed by atoms with van der Waals surface area (Å²) in [5.41, 5.74) is 9.70. The standard InChI is InChI=1S/C29H38N8O/c1-20(2)36-19-21(18-31-36)26-13-14-27-33-29(34-37(27)28(26)35-15-4-3-5-16-35)32-23-7-6-8-25(17-23)38-24-11-9-22(30)10-12-24/h9-14,18-20,23,25H,3-8,15-17,30H2,1-2H3,(H,32,34)/t23-,25+/m1/s1. The number of nitrogen functional groups attached to an aromatic ring is 1. The molecule has 0 unspecified atom stereocenters. The first-order valence-electron chi connectivity index (χ1n) is 14.0. The van der Waals surface area contributed by atoms with Crippen LogP contribution in [0, 0.1) is 0 Å². The molecular weight excluding hydrogens is 476 g/mol. The van der Waals surface area contributed by atoms with Crippen LogP contribution in [0.5, 0.6) is 5.75 Å². The van der Waals surface area contributed by atoms with Crippen molar-refractivity contribution in [2.45, 2.75) is 77.0 Å². The van der Waals surface area contributed by atoms with Gasteiger partial charge < -0.3 is 20.7 Å². The number of ether oxygens (including phenoxy) is 1. The molecule has 2 fully saturated rings. The minimum atomic E-state index is 0.162. The number of anilines is 3. The van der Waals surface area contributed by atoms with E-state index in [0.717, 1.165) is 72.8 Å². The molecule has 1 saturated heterocycles. The minimum Gasteiger partial charge on any atom is -0.490 e. The van der Waals surface area contributed by atoms with Crippen LogP contribution in [0.3, 0.4) is 0 Å². The summed E-state index contributed by atoms with van der Waals surface area (Å²) >= 11 is 0. The first-order chi connectivity index (χ1) is 18.5. The highest BCUT2D eigenvalue weighted by Gasteiger charge is 2.26. The fourth-order valence-corrected chi connectivity index (χ4v) is 5.69. The fourth-order valence-electron chi connectivity index (χ4n) is 5.69. The molecule has 6 rings (SSSR count). The van der Waals surface area contributed by atoms with E-state index in [1.165, 1.54) is 19.3 Å². The molecule has 3 aromatic heterocycles. The van der Waals surface area contributed by atoms with E-state index >= 15 is 0 Å². The molecule has 0 radical (unpaired) electrons. The second-order valence-corrected chi connectivity index (χ2v) is 10.9. The van der Waals surface area contributed by atoms with Crippen molar-refractivity contribution in [3.05, 3.63) is 48.8 Å². The van der Waals surface area contributed by atoms with Gasteiger partial charge >= 0.3 is 0 Å². The zero-order chi connectivity index (χ0) is 26.1. The normalized spacial score (nSPS) is 20.2. The predicted octanol–water partition coefficient (Wildman–Crippen LogP) is 5.55. The molecule has 2 aliphatic rings. The van der Waals surface area contributed by atoms with Crippen molar-refractivity contribution in [1.82, 2.24) is 24.4 Å². The molecule has 3 N–H and O–H groups in total. The molecule has 38 heavy (non-hydrogen) atoms. The van der Waals surface area contributed by atoms with Crippen molar-refractivity contribution in [2.24, 2.45) is 0 Å². The monoisotopic (exact) mass is 514 g/mol. The fraction of sp³-hybridized carbons (Fsp3) is 0.483. The molecule has 0 bridgehead atoms. The summed E-state index contributed by atoms with van der Waals surface area (Å²) < 4.78 is 10.3. The molecule has 1 aromatic carbocycles. The van der Waals surface area contributed by atoms with Crippen LogP contribution in [0.15, 0.2) is 48.8 Å². The van der Waals surface area contributed by atoms with E-state index in [1.54, 1.807) is 0 Å². The second-order valence-electron chi connectivity index (χ2n) is 10.9. The Morgan fingerprint density at radius 2 is 1.82 bits per heavy atom. The summed E-state index contributed by atoms with van der Waals surface area (Å²) in [6.45, 7) is 6.36. The second kappa shape index (κ2) is 10.6. The maximum atomic E-state index is 6.26. The van der Waals surface area contributed by atoms with Crippen LogP contribution >= 0.6 is 0 Å². The predicted molar refractivity (Wildman–Crippen MR) is 152 cm³/mol. The number of piperidine rings is 1. The Balaban J connectivity index is 1.26. The van der Waals surface area contributed by atoms with E-state index in [4.69, 9.17) is 20.6 Å². The summed E-state index contributed by atoms with van der Waals surface area (Å²) in [7, 11) is 0. The lowest BCUT2D eigenvalue weighted by Gasteiger charge is -2.30. The van der Waals surface area contributed by atoms with E-state index in [0.29, 0.717) is 12.0 Å². The van der Waals surface area contributed by atoms with Gasteiger partial charge in [0.1, 0.15) is 17.7 Å². The topological polar surface area (TPSA) is 98.5 Å². The molecular formula is C29H38N8O. The van der Waals surface area contributed by atoms with Crippen LogP contribution in [0.1, 0.15) is 64.8 Å². The van der Waals surface area contributed by atoms with Gasteiger partial charge in [0.2, 0.25) is 5.95 Å². The number of aromatic nitrogens is 5. The Kier molecular flexibility index (Phi) is 6.82. The van der Waals surface area contributed by atoms with Crippen molar-refractivity contribution in [2.75, 3.05) is 29.0 Å². The minimum absolute atomic E-state index is 0.162. The summed E-state index contributed by atoms with van der Waals surface area (Å²) in [5, 5.41) is 13.2.